The molecule has 0 aliphatic carbocycles. The first-order valence-electron chi connectivity index (χ1n) is 4.92. The maximum Gasteiger partial charge on any atom is 0.149 e. The summed E-state index contributed by atoms with van der Waals surface area (Å²) in [5, 5.41) is 11.6. The quantitative estimate of drug-likeness (QED) is 0.855. The monoisotopic (exact) mass is 230 g/mol. The van der Waals surface area contributed by atoms with Crippen LogP contribution in [-0.4, -0.2) is 0 Å². The van der Waals surface area contributed by atoms with Gasteiger partial charge in [-0.15, -0.1) is 0 Å². The fourth-order valence-corrected chi connectivity index (χ4v) is 1.43. The van der Waals surface area contributed by atoms with Crippen molar-refractivity contribution in [3.05, 3.63) is 59.7 Å². The van der Waals surface area contributed by atoms with Crippen molar-refractivity contribution in [3.63, 3.8) is 0 Å². The number of hydrogen-bond donors (Lipinski definition) is 1. The molecule has 17 heavy (non-hydrogen) atoms. The third-order valence-electron chi connectivity index (χ3n) is 2.25. The molecule has 0 atom stereocenters. The molecule has 2 aromatic rings. The fraction of sp³-hybridized carbons (Fsp3) is 0. The van der Waals surface area contributed by atoms with Crippen molar-refractivity contribution in [2.75, 3.05) is 5.32 Å². The number of nitrogens with one attached hydrogen (secondary N) is 1. The summed E-state index contributed by atoms with van der Waals surface area (Å²) in [5.41, 5.74) is 1.02. The van der Waals surface area contributed by atoms with Crippen LogP contribution in [0.3, 0.4) is 0 Å². The second kappa shape index (κ2) is 4.62. The van der Waals surface area contributed by atoms with Gasteiger partial charge in [0.1, 0.15) is 17.7 Å². The molecule has 0 bridgehead atoms. The number of halogens is 2. The predicted octanol–water partition coefficient (Wildman–Crippen LogP) is 3.58. The van der Waals surface area contributed by atoms with E-state index in [1.165, 1.54) is 6.07 Å². The topological polar surface area (TPSA) is 35.8 Å². The van der Waals surface area contributed by atoms with Crippen molar-refractivity contribution in [2.45, 2.75) is 0 Å². The molecule has 2 rings (SSSR count). The van der Waals surface area contributed by atoms with E-state index in [0.717, 1.165) is 12.1 Å². The van der Waals surface area contributed by atoms with E-state index >= 15 is 0 Å². The molecular weight excluding hydrogens is 222 g/mol. The number of nitriles is 1. The van der Waals surface area contributed by atoms with E-state index in [1.54, 1.807) is 24.3 Å². The number of hydrogen-bond acceptors (Lipinski definition) is 2. The number of rotatable bonds is 2. The van der Waals surface area contributed by atoms with Gasteiger partial charge in [-0.1, -0.05) is 12.1 Å². The summed E-state index contributed by atoms with van der Waals surface area (Å²) in [7, 11) is 0. The van der Waals surface area contributed by atoms with Crippen LogP contribution in [0.2, 0.25) is 0 Å². The maximum atomic E-state index is 13.4. The highest BCUT2D eigenvalue weighted by molar-refractivity contribution is 5.66. The summed E-state index contributed by atoms with van der Waals surface area (Å²) in [6, 6.07) is 11.9. The van der Waals surface area contributed by atoms with Crippen LogP contribution in [-0.2, 0) is 0 Å². The molecule has 4 heteroatoms. The molecule has 0 unspecified atom stereocenters. The van der Waals surface area contributed by atoms with Crippen LogP contribution in [0.1, 0.15) is 5.56 Å². The second-order valence-corrected chi connectivity index (χ2v) is 3.41. The number of benzene rings is 2. The first-order chi connectivity index (χ1) is 8.20. The van der Waals surface area contributed by atoms with E-state index < -0.39 is 11.6 Å². The Morgan fingerprint density at radius 1 is 1.00 bits per heavy atom. The second-order valence-electron chi connectivity index (χ2n) is 3.41. The normalized spacial score (nSPS) is 9.71. The van der Waals surface area contributed by atoms with E-state index in [1.807, 2.05) is 6.07 Å². The zero-order valence-corrected chi connectivity index (χ0v) is 8.74. The van der Waals surface area contributed by atoms with Gasteiger partial charge < -0.3 is 5.32 Å². The van der Waals surface area contributed by atoms with Gasteiger partial charge in [0, 0.05) is 6.07 Å². The van der Waals surface area contributed by atoms with Gasteiger partial charge in [0.2, 0.25) is 0 Å². The van der Waals surface area contributed by atoms with E-state index in [4.69, 9.17) is 5.26 Å². The molecule has 0 spiro atoms. The van der Waals surface area contributed by atoms with E-state index in [0.29, 0.717) is 11.3 Å². The third kappa shape index (κ3) is 2.40. The highest BCUT2D eigenvalue weighted by Crippen LogP contribution is 2.22. The lowest BCUT2D eigenvalue weighted by atomic mass is 10.2. The van der Waals surface area contributed by atoms with E-state index in [-0.39, 0.29) is 5.69 Å². The lowest BCUT2D eigenvalue weighted by Gasteiger charge is -2.08. The fourth-order valence-electron chi connectivity index (χ4n) is 1.43. The van der Waals surface area contributed by atoms with Crippen LogP contribution in [0.5, 0.6) is 0 Å². The van der Waals surface area contributed by atoms with Crippen molar-refractivity contribution in [3.8, 4) is 6.07 Å². The zero-order valence-electron chi connectivity index (χ0n) is 8.74. The lowest BCUT2D eigenvalue weighted by molar-refractivity contribution is 0.586. The lowest BCUT2D eigenvalue weighted by Crippen LogP contribution is -1.96. The van der Waals surface area contributed by atoms with Crippen molar-refractivity contribution >= 4 is 11.4 Å². The Bertz CT molecular complexity index is 588. The maximum absolute atomic E-state index is 13.4. The van der Waals surface area contributed by atoms with Gasteiger partial charge in [-0.3, -0.25) is 0 Å². The van der Waals surface area contributed by atoms with Crippen LogP contribution < -0.4 is 5.32 Å². The highest BCUT2D eigenvalue weighted by Gasteiger charge is 2.06. The Kier molecular flexibility index (Phi) is 3.01. The summed E-state index contributed by atoms with van der Waals surface area (Å²) in [5.74, 6) is -1.33. The zero-order chi connectivity index (χ0) is 12.3. The molecule has 2 aromatic carbocycles. The third-order valence-corrected chi connectivity index (χ3v) is 2.25. The number of para-hydroxylation sites is 1. The van der Waals surface area contributed by atoms with E-state index in [2.05, 4.69) is 5.32 Å². The van der Waals surface area contributed by atoms with Gasteiger partial charge in [-0.05, 0) is 24.3 Å². The van der Waals surface area contributed by atoms with Crippen LogP contribution in [0.15, 0.2) is 42.5 Å². The summed E-state index contributed by atoms with van der Waals surface area (Å²) in [4.78, 5) is 0. The predicted molar refractivity (Wildman–Crippen MR) is 60.8 cm³/mol. The van der Waals surface area contributed by atoms with Crippen LogP contribution in [0, 0.1) is 23.0 Å². The average Bonchev–Trinajstić information content (AvgIpc) is 2.33. The Labute approximate surface area is 97.1 Å². The van der Waals surface area contributed by atoms with Crippen LogP contribution in [0.25, 0.3) is 0 Å². The van der Waals surface area contributed by atoms with Crippen LogP contribution >= 0.6 is 0 Å². The molecule has 0 amide bonds. The highest BCUT2D eigenvalue weighted by atomic mass is 19.1. The smallest absolute Gasteiger partial charge is 0.149 e. The molecule has 0 aliphatic heterocycles. The SMILES string of the molecule is N#Cc1ccccc1Nc1ccc(F)cc1F. The average molecular weight is 230 g/mol. The van der Waals surface area contributed by atoms with Gasteiger partial charge in [-0.2, -0.15) is 5.26 Å². The summed E-state index contributed by atoms with van der Waals surface area (Å²) in [6.07, 6.45) is 0. The van der Waals surface area contributed by atoms with Gasteiger partial charge in [0.05, 0.1) is 16.9 Å². The minimum Gasteiger partial charge on any atom is -0.352 e. The Hall–Kier alpha value is -2.41. The van der Waals surface area contributed by atoms with E-state index in [9.17, 15) is 8.78 Å². The van der Waals surface area contributed by atoms with Crippen molar-refractivity contribution < 1.29 is 8.78 Å². The van der Waals surface area contributed by atoms with Crippen LogP contribution in [0.4, 0.5) is 20.2 Å². The molecule has 2 nitrogen and oxygen atoms in total. The molecule has 84 valence electrons. The van der Waals surface area contributed by atoms with Gasteiger partial charge in [0.15, 0.2) is 0 Å². The number of nitrogens with zero attached hydrogens (tertiary/aromatic N) is 1. The molecule has 0 aromatic heterocycles. The number of anilines is 2. The molecule has 0 heterocycles. The largest absolute Gasteiger partial charge is 0.352 e. The summed E-state index contributed by atoms with van der Waals surface area (Å²) >= 11 is 0. The molecule has 0 saturated carbocycles. The molecule has 1 N–H and O–H groups in total. The summed E-state index contributed by atoms with van der Waals surface area (Å²) in [6.45, 7) is 0. The molecule has 0 radical (unpaired) electrons. The minimum atomic E-state index is -0.697. The van der Waals surface area contributed by atoms with Crippen molar-refractivity contribution in [1.29, 1.82) is 5.26 Å². The Balaban J connectivity index is 2.35. The Morgan fingerprint density at radius 3 is 2.47 bits per heavy atom. The Morgan fingerprint density at radius 2 is 1.76 bits per heavy atom. The van der Waals surface area contributed by atoms with Crippen molar-refractivity contribution in [2.24, 2.45) is 0 Å². The molecule has 0 aliphatic rings. The van der Waals surface area contributed by atoms with Gasteiger partial charge in [0.25, 0.3) is 0 Å². The minimum absolute atomic E-state index is 0.133. The molecule has 0 fully saturated rings. The first-order valence-corrected chi connectivity index (χ1v) is 4.92. The van der Waals surface area contributed by atoms with Gasteiger partial charge in [-0.25, -0.2) is 8.78 Å². The summed E-state index contributed by atoms with van der Waals surface area (Å²) < 4.78 is 26.1. The first kappa shape index (κ1) is 11.1. The van der Waals surface area contributed by atoms with Crippen molar-refractivity contribution in [1.82, 2.24) is 0 Å². The molecule has 0 saturated heterocycles. The molecular formula is C13H8F2N2. The standard InChI is InChI=1S/C13H8F2N2/c14-10-5-6-13(11(15)7-10)17-12-4-2-1-3-9(12)8-16/h1-7,17H. The van der Waals surface area contributed by atoms with Gasteiger partial charge >= 0.3 is 0 Å².